The zero-order valence-corrected chi connectivity index (χ0v) is 13.1. The number of carbonyl (C=O) groups excluding carboxylic acids is 3. The fraction of sp³-hybridized carbons (Fsp3) is 0.438. The molecule has 2 rings (SSSR count). The summed E-state index contributed by atoms with van der Waals surface area (Å²) in [7, 11) is 0. The summed E-state index contributed by atoms with van der Waals surface area (Å²) >= 11 is 0. The highest BCUT2D eigenvalue weighted by atomic mass is 16.2. The van der Waals surface area contributed by atoms with E-state index in [9.17, 15) is 14.4 Å². The van der Waals surface area contributed by atoms with Gasteiger partial charge < -0.3 is 10.6 Å². The molecule has 1 heterocycles. The third kappa shape index (κ3) is 3.44. The fourth-order valence-corrected chi connectivity index (χ4v) is 2.31. The number of rotatable bonds is 5. The maximum absolute atomic E-state index is 12.1. The minimum atomic E-state index is -0.552. The molecule has 118 valence electrons. The van der Waals surface area contributed by atoms with Crippen LogP contribution in [-0.4, -0.2) is 35.3 Å². The van der Waals surface area contributed by atoms with Gasteiger partial charge in [-0.1, -0.05) is 32.9 Å². The summed E-state index contributed by atoms with van der Waals surface area (Å²) in [6.45, 7) is 5.48. The summed E-state index contributed by atoms with van der Waals surface area (Å²) in [6, 6.07) is 6.40. The molecule has 4 amide bonds. The van der Waals surface area contributed by atoms with E-state index in [1.807, 2.05) is 26.0 Å². The van der Waals surface area contributed by atoms with Gasteiger partial charge in [-0.2, -0.15) is 0 Å². The Hall–Kier alpha value is -2.37. The van der Waals surface area contributed by atoms with Crippen LogP contribution in [-0.2, 0) is 16.0 Å². The van der Waals surface area contributed by atoms with Crippen LogP contribution in [0.25, 0.3) is 0 Å². The minimum Gasteiger partial charge on any atom is -0.326 e. The number of aryl methyl sites for hydroxylation is 1. The molecule has 1 fully saturated rings. The Labute approximate surface area is 129 Å². The molecular weight excluding hydrogens is 282 g/mol. The van der Waals surface area contributed by atoms with Crippen LogP contribution in [0.15, 0.2) is 24.3 Å². The van der Waals surface area contributed by atoms with Crippen molar-refractivity contribution in [3.8, 4) is 0 Å². The van der Waals surface area contributed by atoms with Gasteiger partial charge in [-0.25, -0.2) is 4.79 Å². The van der Waals surface area contributed by atoms with Gasteiger partial charge in [0.25, 0.3) is 5.91 Å². The molecule has 0 spiro atoms. The van der Waals surface area contributed by atoms with Crippen molar-refractivity contribution in [3.05, 3.63) is 29.8 Å². The third-order valence-electron chi connectivity index (χ3n) is 3.67. The van der Waals surface area contributed by atoms with Crippen molar-refractivity contribution >= 4 is 23.5 Å². The monoisotopic (exact) mass is 303 g/mol. The first-order chi connectivity index (χ1) is 10.4. The van der Waals surface area contributed by atoms with Crippen molar-refractivity contribution in [1.82, 2.24) is 10.2 Å². The Balaban J connectivity index is 1.96. The summed E-state index contributed by atoms with van der Waals surface area (Å²) in [4.78, 5) is 36.8. The Morgan fingerprint density at radius 2 is 1.91 bits per heavy atom. The lowest BCUT2D eigenvalue weighted by atomic mass is 10.1. The number of hydrogen-bond donors (Lipinski definition) is 2. The summed E-state index contributed by atoms with van der Waals surface area (Å²) in [5.74, 6) is -0.750. The van der Waals surface area contributed by atoms with E-state index >= 15 is 0 Å². The summed E-state index contributed by atoms with van der Waals surface area (Å²) in [6.07, 6.45) is 0.924. The number of benzene rings is 1. The molecule has 1 aliphatic heterocycles. The largest absolute Gasteiger partial charge is 0.326 e. The van der Waals surface area contributed by atoms with E-state index < -0.39 is 18.0 Å². The van der Waals surface area contributed by atoms with Crippen molar-refractivity contribution in [1.29, 1.82) is 0 Å². The zero-order chi connectivity index (χ0) is 16.3. The molecule has 0 saturated carbocycles. The summed E-state index contributed by atoms with van der Waals surface area (Å²) in [5, 5.41) is 5.29. The molecule has 0 aliphatic carbocycles. The highest BCUT2D eigenvalue weighted by Crippen LogP contribution is 2.14. The third-order valence-corrected chi connectivity index (χ3v) is 3.67. The van der Waals surface area contributed by atoms with Crippen molar-refractivity contribution in [2.45, 2.75) is 33.2 Å². The van der Waals surface area contributed by atoms with Gasteiger partial charge in [-0.3, -0.25) is 14.5 Å². The van der Waals surface area contributed by atoms with Gasteiger partial charge >= 0.3 is 6.03 Å². The van der Waals surface area contributed by atoms with Gasteiger partial charge in [0.1, 0.15) is 12.6 Å². The van der Waals surface area contributed by atoms with E-state index in [1.54, 1.807) is 12.1 Å². The Morgan fingerprint density at radius 3 is 2.41 bits per heavy atom. The number of urea groups is 1. The predicted molar refractivity (Wildman–Crippen MR) is 83.3 cm³/mol. The molecule has 6 heteroatoms. The van der Waals surface area contributed by atoms with E-state index in [-0.39, 0.29) is 18.4 Å². The first-order valence-corrected chi connectivity index (χ1v) is 7.43. The lowest BCUT2D eigenvalue weighted by Gasteiger charge is -2.14. The zero-order valence-electron chi connectivity index (χ0n) is 13.1. The fourth-order valence-electron chi connectivity index (χ4n) is 2.31. The standard InChI is InChI=1S/C16H21N3O3/c1-4-11-5-7-12(8-6-11)17-13(20)9-19-15(21)14(10(2)3)18-16(19)22/h5-8,10,14H,4,9H2,1-3H3,(H,17,20)(H,18,22). The van der Waals surface area contributed by atoms with E-state index in [4.69, 9.17) is 0 Å². The second-order valence-corrected chi connectivity index (χ2v) is 5.69. The number of carbonyl (C=O) groups is 3. The second-order valence-electron chi connectivity index (χ2n) is 5.69. The topological polar surface area (TPSA) is 78.5 Å². The van der Waals surface area contributed by atoms with Crippen molar-refractivity contribution in [3.63, 3.8) is 0 Å². The number of nitrogens with one attached hydrogen (secondary N) is 2. The molecule has 6 nitrogen and oxygen atoms in total. The Kier molecular flexibility index (Phi) is 4.80. The quantitative estimate of drug-likeness (QED) is 0.814. The van der Waals surface area contributed by atoms with Crippen molar-refractivity contribution < 1.29 is 14.4 Å². The first-order valence-electron chi connectivity index (χ1n) is 7.43. The van der Waals surface area contributed by atoms with E-state index in [0.29, 0.717) is 5.69 Å². The first kappa shape index (κ1) is 16.0. The van der Waals surface area contributed by atoms with Crippen LogP contribution in [0.3, 0.4) is 0 Å². The van der Waals surface area contributed by atoms with Crippen LogP contribution >= 0.6 is 0 Å². The SMILES string of the molecule is CCc1ccc(NC(=O)CN2C(=O)NC(C(C)C)C2=O)cc1. The molecular formula is C16H21N3O3. The maximum atomic E-state index is 12.1. The van der Waals surface area contributed by atoms with E-state index in [0.717, 1.165) is 11.3 Å². The van der Waals surface area contributed by atoms with Gasteiger partial charge in [0.05, 0.1) is 0 Å². The number of imide groups is 1. The van der Waals surface area contributed by atoms with E-state index in [2.05, 4.69) is 17.6 Å². The molecule has 1 atom stereocenters. The normalized spacial score (nSPS) is 17.8. The van der Waals surface area contributed by atoms with Gasteiger partial charge in [0.15, 0.2) is 0 Å². The van der Waals surface area contributed by atoms with Crippen LogP contribution in [0.5, 0.6) is 0 Å². The van der Waals surface area contributed by atoms with Crippen LogP contribution in [0.4, 0.5) is 10.5 Å². The molecule has 0 aromatic heterocycles. The van der Waals surface area contributed by atoms with Crippen LogP contribution in [0.1, 0.15) is 26.3 Å². The molecule has 2 N–H and O–H groups in total. The smallest absolute Gasteiger partial charge is 0.325 e. The number of anilines is 1. The summed E-state index contributed by atoms with van der Waals surface area (Å²) in [5.41, 5.74) is 1.82. The minimum absolute atomic E-state index is 0.00824. The summed E-state index contributed by atoms with van der Waals surface area (Å²) < 4.78 is 0. The lowest BCUT2D eigenvalue weighted by molar-refractivity contribution is -0.131. The second kappa shape index (κ2) is 6.60. The lowest BCUT2D eigenvalue weighted by Crippen LogP contribution is -2.39. The van der Waals surface area contributed by atoms with E-state index in [1.165, 1.54) is 5.56 Å². The average Bonchev–Trinajstić information content (AvgIpc) is 2.76. The van der Waals surface area contributed by atoms with Gasteiger partial charge in [0, 0.05) is 5.69 Å². The highest BCUT2D eigenvalue weighted by Gasteiger charge is 2.40. The van der Waals surface area contributed by atoms with Gasteiger partial charge in [0.2, 0.25) is 5.91 Å². The van der Waals surface area contributed by atoms with Gasteiger partial charge in [-0.05, 0) is 30.0 Å². The molecule has 1 saturated heterocycles. The molecule has 22 heavy (non-hydrogen) atoms. The molecule has 1 aromatic rings. The Bertz CT molecular complexity index is 581. The van der Waals surface area contributed by atoms with Gasteiger partial charge in [-0.15, -0.1) is 0 Å². The van der Waals surface area contributed by atoms with Crippen LogP contribution in [0.2, 0.25) is 0 Å². The molecule has 0 radical (unpaired) electrons. The maximum Gasteiger partial charge on any atom is 0.325 e. The number of nitrogens with zero attached hydrogens (tertiary/aromatic N) is 1. The Morgan fingerprint density at radius 1 is 1.27 bits per heavy atom. The molecule has 1 aromatic carbocycles. The average molecular weight is 303 g/mol. The highest BCUT2D eigenvalue weighted by molar-refractivity contribution is 6.08. The van der Waals surface area contributed by atoms with Crippen LogP contribution in [0, 0.1) is 5.92 Å². The van der Waals surface area contributed by atoms with Crippen molar-refractivity contribution in [2.24, 2.45) is 5.92 Å². The molecule has 0 bridgehead atoms. The predicted octanol–water partition coefficient (Wildman–Crippen LogP) is 1.76. The van der Waals surface area contributed by atoms with Crippen molar-refractivity contribution in [2.75, 3.05) is 11.9 Å². The molecule has 1 aliphatic rings. The molecule has 1 unspecified atom stereocenters. The number of hydrogen-bond acceptors (Lipinski definition) is 3. The number of amides is 4. The van der Waals surface area contributed by atoms with Crippen LogP contribution < -0.4 is 10.6 Å².